The predicted octanol–water partition coefficient (Wildman–Crippen LogP) is 4.46. The molecule has 1 unspecified atom stereocenters. The van der Waals surface area contributed by atoms with Crippen molar-refractivity contribution < 1.29 is 9.53 Å². The zero-order valence-corrected chi connectivity index (χ0v) is 19.2. The third-order valence-electron chi connectivity index (χ3n) is 6.02. The van der Waals surface area contributed by atoms with Gasteiger partial charge in [-0.15, -0.1) is 0 Å². The number of piperidine rings is 1. The lowest BCUT2D eigenvalue weighted by Crippen LogP contribution is -2.51. The molecule has 1 saturated heterocycles. The van der Waals surface area contributed by atoms with Crippen LogP contribution in [-0.2, 0) is 11.4 Å². The number of amides is 1. The minimum atomic E-state index is -0.373. The van der Waals surface area contributed by atoms with Crippen LogP contribution in [0.2, 0.25) is 0 Å². The molecular weight excluding hydrogens is 386 g/mol. The number of nitrogens with two attached hydrogens (primary N) is 1. The van der Waals surface area contributed by atoms with Crippen LogP contribution in [-0.4, -0.2) is 42.5 Å². The Morgan fingerprint density at radius 3 is 2.32 bits per heavy atom. The van der Waals surface area contributed by atoms with E-state index in [2.05, 4.69) is 49.9 Å². The molecule has 0 bridgehead atoms. The van der Waals surface area contributed by atoms with Gasteiger partial charge in [0.05, 0.1) is 6.04 Å². The molecule has 1 heterocycles. The Kier molecular flexibility index (Phi) is 8.35. The van der Waals surface area contributed by atoms with E-state index in [4.69, 9.17) is 10.5 Å². The highest BCUT2D eigenvalue weighted by molar-refractivity contribution is 5.81. The summed E-state index contributed by atoms with van der Waals surface area (Å²) >= 11 is 0. The number of anilines is 1. The van der Waals surface area contributed by atoms with E-state index in [-0.39, 0.29) is 11.9 Å². The van der Waals surface area contributed by atoms with E-state index in [0.29, 0.717) is 18.6 Å². The summed E-state index contributed by atoms with van der Waals surface area (Å²) in [7, 11) is 0. The molecule has 1 aliphatic rings. The van der Waals surface area contributed by atoms with E-state index in [0.717, 1.165) is 50.2 Å². The number of hydrogen-bond acceptors (Lipinski definition) is 4. The van der Waals surface area contributed by atoms with Crippen LogP contribution in [0.1, 0.15) is 45.6 Å². The molecule has 5 heteroatoms. The molecule has 31 heavy (non-hydrogen) atoms. The van der Waals surface area contributed by atoms with Crippen molar-refractivity contribution in [1.29, 1.82) is 0 Å². The van der Waals surface area contributed by atoms with Gasteiger partial charge < -0.3 is 20.3 Å². The van der Waals surface area contributed by atoms with Crippen molar-refractivity contribution in [3.63, 3.8) is 0 Å². The van der Waals surface area contributed by atoms with Crippen LogP contribution in [0.5, 0.6) is 5.75 Å². The van der Waals surface area contributed by atoms with Crippen molar-refractivity contribution in [2.75, 3.05) is 24.5 Å². The lowest BCUT2D eigenvalue weighted by molar-refractivity contribution is -0.134. The van der Waals surface area contributed by atoms with Gasteiger partial charge in [-0.25, -0.2) is 0 Å². The molecule has 1 amide bonds. The standard InChI is InChI=1S/C26H37N3O2/c1-4-29(23-14-16-28(17-15-23)26(30)25(27)18-20(2)3)22-10-12-24(13-11-22)31-19-21-8-6-5-7-9-21/h5-13,20,23,25H,4,14-19,27H2,1-3H3. The van der Waals surface area contributed by atoms with Gasteiger partial charge in [-0.2, -0.15) is 0 Å². The van der Waals surface area contributed by atoms with E-state index in [1.807, 2.05) is 35.2 Å². The lowest BCUT2D eigenvalue weighted by Gasteiger charge is -2.40. The van der Waals surface area contributed by atoms with Crippen molar-refractivity contribution >= 4 is 11.6 Å². The number of ether oxygens (including phenoxy) is 1. The molecule has 0 aromatic heterocycles. The van der Waals surface area contributed by atoms with Crippen LogP contribution in [0.25, 0.3) is 0 Å². The second kappa shape index (κ2) is 11.2. The van der Waals surface area contributed by atoms with E-state index in [9.17, 15) is 4.79 Å². The van der Waals surface area contributed by atoms with Gasteiger partial charge in [0.25, 0.3) is 0 Å². The van der Waals surface area contributed by atoms with Crippen LogP contribution >= 0.6 is 0 Å². The molecular formula is C26H37N3O2. The second-order valence-corrected chi connectivity index (χ2v) is 8.85. The van der Waals surface area contributed by atoms with E-state index in [1.54, 1.807) is 0 Å². The maximum absolute atomic E-state index is 12.6. The minimum Gasteiger partial charge on any atom is -0.489 e. The van der Waals surface area contributed by atoms with E-state index < -0.39 is 0 Å². The van der Waals surface area contributed by atoms with Crippen molar-refractivity contribution in [3.05, 3.63) is 60.2 Å². The van der Waals surface area contributed by atoms with Gasteiger partial charge in [0.2, 0.25) is 5.91 Å². The van der Waals surface area contributed by atoms with Gasteiger partial charge in [0, 0.05) is 31.4 Å². The first-order chi connectivity index (χ1) is 15.0. The fraction of sp³-hybridized carbons (Fsp3) is 0.500. The average Bonchev–Trinajstić information content (AvgIpc) is 2.79. The van der Waals surface area contributed by atoms with Gasteiger partial charge in [-0.05, 0) is 61.9 Å². The normalized spacial score (nSPS) is 15.7. The highest BCUT2D eigenvalue weighted by Gasteiger charge is 2.29. The van der Waals surface area contributed by atoms with Crippen molar-refractivity contribution in [3.8, 4) is 5.75 Å². The number of carbonyl (C=O) groups is 1. The molecule has 0 saturated carbocycles. The lowest BCUT2D eigenvalue weighted by atomic mass is 9.99. The Hall–Kier alpha value is -2.53. The summed E-state index contributed by atoms with van der Waals surface area (Å²) in [6.07, 6.45) is 2.69. The largest absolute Gasteiger partial charge is 0.489 e. The first-order valence-corrected chi connectivity index (χ1v) is 11.6. The molecule has 2 aromatic carbocycles. The Morgan fingerprint density at radius 1 is 1.10 bits per heavy atom. The Bertz CT molecular complexity index is 799. The molecule has 2 aromatic rings. The summed E-state index contributed by atoms with van der Waals surface area (Å²) in [5, 5.41) is 0. The summed E-state index contributed by atoms with van der Waals surface area (Å²) in [5.41, 5.74) is 8.49. The van der Waals surface area contributed by atoms with Crippen LogP contribution in [0.3, 0.4) is 0 Å². The summed E-state index contributed by atoms with van der Waals surface area (Å²) in [4.78, 5) is 17.0. The molecule has 1 aliphatic heterocycles. The van der Waals surface area contributed by atoms with Crippen LogP contribution in [0.4, 0.5) is 5.69 Å². The number of nitrogens with zero attached hydrogens (tertiary/aromatic N) is 2. The second-order valence-electron chi connectivity index (χ2n) is 8.85. The quantitative estimate of drug-likeness (QED) is 0.647. The van der Waals surface area contributed by atoms with E-state index >= 15 is 0 Å². The number of likely N-dealkylation sites (tertiary alicyclic amines) is 1. The molecule has 1 atom stereocenters. The van der Waals surface area contributed by atoms with Crippen molar-refractivity contribution in [1.82, 2.24) is 4.90 Å². The Balaban J connectivity index is 1.53. The summed E-state index contributed by atoms with van der Waals surface area (Å²) in [5.74, 6) is 1.42. The van der Waals surface area contributed by atoms with Gasteiger partial charge in [-0.3, -0.25) is 4.79 Å². The minimum absolute atomic E-state index is 0.107. The molecule has 168 valence electrons. The fourth-order valence-corrected chi connectivity index (χ4v) is 4.37. The SMILES string of the molecule is CCN(c1ccc(OCc2ccccc2)cc1)C1CCN(C(=O)C(N)CC(C)C)CC1. The Morgan fingerprint density at radius 2 is 1.74 bits per heavy atom. The van der Waals surface area contributed by atoms with Crippen molar-refractivity contribution in [2.24, 2.45) is 11.7 Å². The number of rotatable bonds is 9. The zero-order valence-electron chi connectivity index (χ0n) is 19.2. The topological polar surface area (TPSA) is 58.8 Å². The summed E-state index contributed by atoms with van der Waals surface area (Å²) < 4.78 is 5.92. The van der Waals surface area contributed by atoms with Gasteiger partial charge in [0.1, 0.15) is 12.4 Å². The molecule has 0 radical (unpaired) electrons. The molecule has 0 aliphatic carbocycles. The molecule has 5 nitrogen and oxygen atoms in total. The molecule has 2 N–H and O–H groups in total. The van der Waals surface area contributed by atoms with Gasteiger partial charge in [0.15, 0.2) is 0 Å². The zero-order chi connectivity index (χ0) is 22.2. The van der Waals surface area contributed by atoms with Crippen molar-refractivity contribution in [2.45, 2.75) is 58.7 Å². The number of hydrogen-bond donors (Lipinski definition) is 1. The highest BCUT2D eigenvalue weighted by atomic mass is 16.5. The van der Waals surface area contributed by atoms with Crippen LogP contribution in [0.15, 0.2) is 54.6 Å². The predicted molar refractivity (Wildman–Crippen MR) is 127 cm³/mol. The first-order valence-electron chi connectivity index (χ1n) is 11.6. The van der Waals surface area contributed by atoms with Gasteiger partial charge >= 0.3 is 0 Å². The third kappa shape index (κ3) is 6.47. The number of carbonyl (C=O) groups excluding carboxylic acids is 1. The molecule has 1 fully saturated rings. The summed E-state index contributed by atoms with van der Waals surface area (Å²) in [6, 6.07) is 18.6. The third-order valence-corrected chi connectivity index (χ3v) is 6.02. The highest BCUT2D eigenvalue weighted by Crippen LogP contribution is 2.26. The molecule has 0 spiro atoms. The first kappa shape index (κ1) is 23.1. The van der Waals surface area contributed by atoms with E-state index in [1.165, 1.54) is 5.69 Å². The van der Waals surface area contributed by atoms with Crippen LogP contribution in [0, 0.1) is 5.92 Å². The fourth-order valence-electron chi connectivity index (χ4n) is 4.37. The van der Waals surface area contributed by atoms with Gasteiger partial charge in [-0.1, -0.05) is 44.2 Å². The Labute approximate surface area is 187 Å². The number of benzene rings is 2. The monoisotopic (exact) mass is 423 g/mol. The van der Waals surface area contributed by atoms with Crippen LogP contribution < -0.4 is 15.4 Å². The average molecular weight is 424 g/mol. The maximum atomic E-state index is 12.6. The maximum Gasteiger partial charge on any atom is 0.239 e. The summed E-state index contributed by atoms with van der Waals surface area (Å²) in [6.45, 7) is 9.48. The smallest absolute Gasteiger partial charge is 0.239 e. The molecule has 3 rings (SSSR count).